The van der Waals surface area contributed by atoms with Gasteiger partial charge in [0.05, 0.1) is 5.69 Å². The SMILES string of the molecule is Fc1cccc(Br)c1NCCc1ccncc1. The van der Waals surface area contributed by atoms with E-state index in [0.29, 0.717) is 12.2 Å². The molecular weight excluding hydrogens is 283 g/mol. The molecule has 2 aromatic rings. The Morgan fingerprint density at radius 3 is 2.65 bits per heavy atom. The summed E-state index contributed by atoms with van der Waals surface area (Å²) in [5.41, 5.74) is 1.70. The van der Waals surface area contributed by atoms with Crippen molar-refractivity contribution in [3.8, 4) is 0 Å². The molecule has 0 aliphatic carbocycles. The minimum atomic E-state index is -0.242. The molecule has 4 heteroatoms. The van der Waals surface area contributed by atoms with Crippen molar-refractivity contribution in [2.45, 2.75) is 6.42 Å². The van der Waals surface area contributed by atoms with Gasteiger partial charge in [-0.05, 0) is 52.2 Å². The predicted molar refractivity (Wildman–Crippen MR) is 70.5 cm³/mol. The number of pyridine rings is 1. The smallest absolute Gasteiger partial charge is 0.147 e. The quantitative estimate of drug-likeness (QED) is 0.931. The number of hydrogen-bond acceptors (Lipinski definition) is 2. The maximum Gasteiger partial charge on any atom is 0.147 e. The summed E-state index contributed by atoms with van der Waals surface area (Å²) in [4.78, 5) is 3.95. The Morgan fingerprint density at radius 1 is 1.18 bits per heavy atom. The van der Waals surface area contributed by atoms with Gasteiger partial charge >= 0.3 is 0 Å². The number of rotatable bonds is 4. The molecule has 2 rings (SSSR count). The van der Waals surface area contributed by atoms with Gasteiger partial charge in [-0.2, -0.15) is 0 Å². The zero-order chi connectivity index (χ0) is 12.1. The number of benzene rings is 1. The van der Waals surface area contributed by atoms with E-state index in [1.807, 2.05) is 18.2 Å². The molecule has 1 N–H and O–H groups in total. The van der Waals surface area contributed by atoms with Crippen LogP contribution in [0.5, 0.6) is 0 Å². The number of halogens is 2. The fourth-order valence-corrected chi connectivity index (χ4v) is 2.03. The Hall–Kier alpha value is -1.42. The maximum absolute atomic E-state index is 13.5. The molecule has 1 heterocycles. The van der Waals surface area contributed by atoms with Crippen LogP contribution in [0, 0.1) is 5.82 Å². The second kappa shape index (κ2) is 5.77. The highest BCUT2D eigenvalue weighted by Gasteiger charge is 2.04. The number of aromatic nitrogens is 1. The van der Waals surface area contributed by atoms with Gasteiger partial charge < -0.3 is 5.32 Å². The summed E-state index contributed by atoms with van der Waals surface area (Å²) < 4.78 is 14.2. The van der Waals surface area contributed by atoms with E-state index in [2.05, 4.69) is 26.2 Å². The molecular formula is C13H12BrFN2. The highest BCUT2D eigenvalue weighted by molar-refractivity contribution is 9.10. The number of para-hydroxylation sites is 1. The van der Waals surface area contributed by atoms with Crippen molar-refractivity contribution in [1.82, 2.24) is 4.98 Å². The third-order valence-corrected chi connectivity index (χ3v) is 3.09. The number of nitrogens with one attached hydrogen (secondary N) is 1. The second-order valence-corrected chi connectivity index (χ2v) is 4.48. The molecule has 0 aliphatic heterocycles. The van der Waals surface area contributed by atoms with E-state index in [4.69, 9.17) is 0 Å². The van der Waals surface area contributed by atoms with Crippen molar-refractivity contribution in [2.24, 2.45) is 0 Å². The van der Waals surface area contributed by atoms with Crippen LogP contribution in [0.4, 0.5) is 10.1 Å². The van der Waals surface area contributed by atoms with Crippen molar-refractivity contribution < 1.29 is 4.39 Å². The van der Waals surface area contributed by atoms with Crippen LogP contribution in [0.1, 0.15) is 5.56 Å². The van der Waals surface area contributed by atoms with E-state index in [-0.39, 0.29) is 5.82 Å². The first-order valence-electron chi connectivity index (χ1n) is 5.34. The molecule has 2 nitrogen and oxygen atoms in total. The molecule has 0 aliphatic rings. The molecule has 0 bridgehead atoms. The molecule has 0 amide bonds. The molecule has 0 unspecified atom stereocenters. The van der Waals surface area contributed by atoms with Crippen LogP contribution in [0.3, 0.4) is 0 Å². The van der Waals surface area contributed by atoms with Crippen molar-refractivity contribution in [3.63, 3.8) is 0 Å². The molecule has 88 valence electrons. The summed E-state index contributed by atoms with van der Waals surface area (Å²) in [5.74, 6) is -0.242. The van der Waals surface area contributed by atoms with Crippen molar-refractivity contribution in [3.05, 3.63) is 58.6 Å². The molecule has 0 radical (unpaired) electrons. The van der Waals surface area contributed by atoms with Gasteiger partial charge in [0.15, 0.2) is 0 Å². The lowest BCUT2D eigenvalue weighted by Gasteiger charge is -2.09. The molecule has 0 spiro atoms. The molecule has 0 saturated carbocycles. The van der Waals surface area contributed by atoms with E-state index in [1.165, 1.54) is 11.6 Å². The summed E-state index contributed by atoms with van der Waals surface area (Å²) in [6.45, 7) is 0.684. The fraction of sp³-hybridized carbons (Fsp3) is 0.154. The normalized spacial score (nSPS) is 10.2. The fourth-order valence-electron chi connectivity index (χ4n) is 1.55. The molecule has 0 atom stereocenters. The van der Waals surface area contributed by atoms with E-state index in [9.17, 15) is 4.39 Å². The zero-order valence-corrected chi connectivity index (χ0v) is 10.7. The lowest BCUT2D eigenvalue weighted by atomic mass is 10.2. The standard InChI is InChI=1S/C13H12BrFN2/c14-11-2-1-3-12(15)13(11)17-9-6-10-4-7-16-8-5-10/h1-5,7-8,17H,6,9H2. The Bertz CT molecular complexity index is 468. The van der Waals surface area contributed by atoms with E-state index in [1.54, 1.807) is 18.5 Å². The molecule has 1 aromatic heterocycles. The Morgan fingerprint density at radius 2 is 1.94 bits per heavy atom. The Labute approximate surface area is 108 Å². The van der Waals surface area contributed by atoms with Crippen LogP contribution in [-0.4, -0.2) is 11.5 Å². The van der Waals surface area contributed by atoms with E-state index < -0.39 is 0 Å². The van der Waals surface area contributed by atoms with Gasteiger partial charge in [0, 0.05) is 23.4 Å². The minimum absolute atomic E-state index is 0.242. The molecule has 1 aromatic carbocycles. The van der Waals surface area contributed by atoms with Crippen LogP contribution >= 0.6 is 15.9 Å². The van der Waals surface area contributed by atoms with Gasteiger partial charge in [0.25, 0.3) is 0 Å². The number of anilines is 1. The largest absolute Gasteiger partial charge is 0.381 e. The van der Waals surface area contributed by atoms with Crippen LogP contribution in [0.15, 0.2) is 47.2 Å². The Kier molecular flexibility index (Phi) is 4.09. The summed E-state index contributed by atoms with van der Waals surface area (Å²) >= 11 is 3.32. The monoisotopic (exact) mass is 294 g/mol. The predicted octanol–water partition coefficient (Wildman–Crippen LogP) is 3.64. The van der Waals surface area contributed by atoms with Crippen LogP contribution < -0.4 is 5.32 Å². The average Bonchev–Trinajstić information content (AvgIpc) is 2.34. The first-order chi connectivity index (χ1) is 8.27. The number of hydrogen-bond donors (Lipinski definition) is 1. The maximum atomic E-state index is 13.5. The van der Waals surface area contributed by atoms with Gasteiger partial charge in [-0.3, -0.25) is 4.98 Å². The third-order valence-electron chi connectivity index (χ3n) is 2.43. The number of nitrogens with zero attached hydrogens (tertiary/aromatic N) is 1. The van der Waals surface area contributed by atoms with Crippen molar-refractivity contribution >= 4 is 21.6 Å². The second-order valence-electron chi connectivity index (χ2n) is 3.63. The van der Waals surface area contributed by atoms with E-state index in [0.717, 1.165) is 10.9 Å². The lowest BCUT2D eigenvalue weighted by molar-refractivity contribution is 0.629. The topological polar surface area (TPSA) is 24.9 Å². The average molecular weight is 295 g/mol. The van der Waals surface area contributed by atoms with Crippen LogP contribution in [0.25, 0.3) is 0 Å². The third kappa shape index (κ3) is 3.27. The highest BCUT2D eigenvalue weighted by atomic mass is 79.9. The van der Waals surface area contributed by atoms with Crippen molar-refractivity contribution in [1.29, 1.82) is 0 Å². The minimum Gasteiger partial charge on any atom is -0.381 e. The van der Waals surface area contributed by atoms with Crippen molar-refractivity contribution in [2.75, 3.05) is 11.9 Å². The summed E-state index contributed by atoms with van der Waals surface area (Å²) in [5, 5.41) is 3.09. The summed E-state index contributed by atoms with van der Waals surface area (Å²) in [6, 6.07) is 8.85. The first kappa shape index (κ1) is 12.0. The highest BCUT2D eigenvalue weighted by Crippen LogP contribution is 2.24. The summed E-state index contributed by atoms with van der Waals surface area (Å²) in [7, 11) is 0. The van der Waals surface area contributed by atoms with Gasteiger partial charge in [-0.15, -0.1) is 0 Å². The van der Waals surface area contributed by atoms with Gasteiger partial charge in [0.2, 0.25) is 0 Å². The van der Waals surface area contributed by atoms with Gasteiger partial charge in [0.1, 0.15) is 5.82 Å². The molecule has 0 fully saturated rings. The van der Waals surface area contributed by atoms with Gasteiger partial charge in [-0.25, -0.2) is 4.39 Å². The molecule has 0 saturated heterocycles. The van der Waals surface area contributed by atoms with Crippen LogP contribution in [-0.2, 0) is 6.42 Å². The zero-order valence-electron chi connectivity index (χ0n) is 9.16. The Balaban J connectivity index is 1.95. The van der Waals surface area contributed by atoms with E-state index >= 15 is 0 Å². The molecule has 17 heavy (non-hydrogen) atoms. The lowest BCUT2D eigenvalue weighted by Crippen LogP contribution is -2.06. The van der Waals surface area contributed by atoms with Gasteiger partial charge in [-0.1, -0.05) is 6.07 Å². The summed E-state index contributed by atoms with van der Waals surface area (Å²) in [6.07, 6.45) is 4.35. The first-order valence-corrected chi connectivity index (χ1v) is 6.13. The van der Waals surface area contributed by atoms with Crippen LogP contribution in [0.2, 0.25) is 0 Å².